The van der Waals surface area contributed by atoms with Gasteiger partial charge < -0.3 is 4.74 Å². The molecule has 0 fully saturated rings. The van der Waals surface area contributed by atoms with Crippen LogP contribution in [0.15, 0.2) is 0 Å². The Kier molecular flexibility index (Phi) is 5.14. The third-order valence-electron chi connectivity index (χ3n) is 1.41. The minimum absolute atomic E-state index is 0. The molecule has 1 rings (SSSR count). The van der Waals surface area contributed by atoms with Gasteiger partial charge in [-0.05, 0) is 0 Å². The van der Waals surface area contributed by atoms with Crippen LogP contribution in [0.3, 0.4) is 0 Å². The molecule has 0 aliphatic carbocycles. The second kappa shape index (κ2) is 5.40. The van der Waals surface area contributed by atoms with Crippen molar-refractivity contribution in [2.24, 2.45) is 0 Å². The van der Waals surface area contributed by atoms with Crippen molar-refractivity contribution in [2.75, 3.05) is 0 Å². The number of ether oxygens (including phenoxy) is 1. The fourth-order valence-corrected chi connectivity index (χ4v) is 0.806. The summed E-state index contributed by atoms with van der Waals surface area (Å²) in [5.41, 5.74) is 0. The molecule has 0 saturated carbocycles. The SMILES string of the molecule is C[CH-]Oc1c(F)c(F)c(F)c(F)c1F.[Zn]. The van der Waals surface area contributed by atoms with E-state index in [-0.39, 0.29) is 19.5 Å². The predicted molar refractivity (Wildman–Crippen MR) is 36.8 cm³/mol. The van der Waals surface area contributed by atoms with Crippen LogP contribution in [0.4, 0.5) is 22.0 Å². The third-order valence-corrected chi connectivity index (χ3v) is 1.41. The fourth-order valence-electron chi connectivity index (χ4n) is 0.806. The molecule has 1 nitrogen and oxygen atoms in total. The van der Waals surface area contributed by atoms with Gasteiger partial charge >= 0.3 is 0 Å². The molecule has 0 aliphatic rings. The normalized spacial score (nSPS) is 9.73. The first-order chi connectivity index (χ1) is 6.50. The summed E-state index contributed by atoms with van der Waals surface area (Å²) in [6.45, 7) is 2.04. The first-order valence-electron chi connectivity index (χ1n) is 3.46. The average molecular weight is 276 g/mol. The van der Waals surface area contributed by atoms with Gasteiger partial charge in [0.25, 0.3) is 0 Å². The Hall–Kier alpha value is -0.707. The molecule has 1 aromatic carbocycles. The van der Waals surface area contributed by atoms with Crippen molar-refractivity contribution in [1.82, 2.24) is 0 Å². The maximum absolute atomic E-state index is 12.7. The maximum Gasteiger partial charge on any atom is 0.204 e. The summed E-state index contributed by atoms with van der Waals surface area (Å²) in [6, 6.07) is 0. The summed E-state index contributed by atoms with van der Waals surface area (Å²) in [5.74, 6) is -11.5. The molecule has 0 amide bonds. The number of hydrogen-bond donors (Lipinski definition) is 0. The third kappa shape index (κ3) is 2.45. The van der Waals surface area contributed by atoms with E-state index in [1.807, 2.05) is 0 Å². The topological polar surface area (TPSA) is 9.23 Å². The molecule has 0 unspecified atom stereocenters. The van der Waals surface area contributed by atoms with Crippen molar-refractivity contribution in [2.45, 2.75) is 6.92 Å². The van der Waals surface area contributed by atoms with E-state index in [9.17, 15) is 22.0 Å². The van der Waals surface area contributed by atoms with E-state index in [2.05, 4.69) is 4.74 Å². The summed E-state index contributed by atoms with van der Waals surface area (Å²) in [4.78, 5) is 0. The van der Waals surface area contributed by atoms with E-state index < -0.39 is 34.8 Å². The molecule has 0 heterocycles. The molecule has 0 atom stereocenters. The maximum atomic E-state index is 12.7. The number of halogens is 5. The van der Waals surface area contributed by atoms with Gasteiger partial charge in [0.2, 0.25) is 29.1 Å². The predicted octanol–water partition coefficient (Wildman–Crippen LogP) is 2.94. The molecular formula is C8H4F5OZn-. The van der Waals surface area contributed by atoms with Crippen LogP contribution < -0.4 is 4.74 Å². The molecule has 0 radical (unpaired) electrons. The fraction of sp³-hybridized carbons (Fsp3) is 0.125. The zero-order chi connectivity index (χ0) is 10.9. The van der Waals surface area contributed by atoms with E-state index in [0.717, 1.165) is 6.61 Å². The van der Waals surface area contributed by atoms with Crippen molar-refractivity contribution < 1.29 is 46.2 Å². The van der Waals surface area contributed by atoms with E-state index in [1.54, 1.807) is 0 Å². The van der Waals surface area contributed by atoms with E-state index in [4.69, 9.17) is 0 Å². The van der Waals surface area contributed by atoms with Gasteiger partial charge in [0.05, 0.1) is 0 Å². The Morgan fingerprint density at radius 1 is 0.800 bits per heavy atom. The number of hydrogen-bond acceptors (Lipinski definition) is 1. The summed E-state index contributed by atoms with van der Waals surface area (Å²) >= 11 is 0. The van der Waals surface area contributed by atoms with Crippen LogP contribution in [-0.2, 0) is 19.5 Å². The van der Waals surface area contributed by atoms with Gasteiger partial charge in [-0.3, -0.25) is 0 Å². The van der Waals surface area contributed by atoms with E-state index in [0.29, 0.717) is 0 Å². The smallest absolute Gasteiger partial charge is 0.204 e. The zero-order valence-electron chi connectivity index (χ0n) is 7.58. The van der Waals surface area contributed by atoms with Gasteiger partial charge in [0, 0.05) is 19.5 Å². The number of rotatable bonds is 2. The Labute approximate surface area is 95.0 Å². The summed E-state index contributed by atoms with van der Waals surface area (Å²) in [5, 5.41) is 0. The van der Waals surface area contributed by atoms with Crippen molar-refractivity contribution in [3.05, 3.63) is 35.7 Å². The van der Waals surface area contributed by atoms with E-state index >= 15 is 0 Å². The Morgan fingerprint density at radius 2 is 1.13 bits per heavy atom. The zero-order valence-corrected chi connectivity index (χ0v) is 10.5. The van der Waals surface area contributed by atoms with Gasteiger partial charge in [-0.2, -0.15) is 22.3 Å². The van der Waals surface area contributed by atoms with Crippen LogP contribution in [0.25, 0.3) is 0 Å². The van der Waals surface area contributed by atoms with Crippen LogP contribution in [0.5, 0.6) is 5.75 Å². The Morgan fingerprint density at radius 3 is 1.47 bits per heavy atom. The first kappa shape index (κ1) is 14.3. The molecule has 1 aromatic rings. The summed E-state index contributed by atoms with van der Waals surface area (Å²) in [7, 11) is 0. The Balaban J connectivity index is 0.00000196. The molecule has 0 saturated heterocycles. The quantitative estimate of drug-likeness (QED) is 0.265. The minimum Gasteiger partial charge on any atom is -0.658 e. The van der Waals surface area contributed by atoms with Crippen LogP contribution in [0.2, 0.25) is 0 Å². The van der Waals surface area contributed by atoms with Crippen LogP contribution >= 0.6 is 0 Å². The van der Waals surface area contributed by atoms with Gasteiger partial charge in [-0.25, -0.2) is 13.2 Å². The van der Waals surface area contributed by atoms with E-state index in [1.165, 1.54) is 6.92 Å². The molecule has 0 N–H and O–H groups in total. The Bertz CT molecular complexity index is 340. The largest absolute Gasteiger partial charge is 0.658 e. The molecule has 0 bridgehead atoms. The molecule has 0 aliphatic heterocycles. The molecule has 0 aromatic heterocycles. The van der Waals surface area contributed by atoms with Gasteiger partial charge in [0.15, 0.2) is 5.75 Å². The second-order valence-electron chi connectivity index (χ2n) is 2.25. The van der Waals surface area contributed by atoms with Gasteiger partial charge in [-0.1, -0.05) is 0 Å². The molecule has 80 valence electrons. The van der Waals surface area contributed by atoms with Gasteiger partial charge in [-0.15, -0.1) is 0 Å². The monoisotopic (exact) mass is 275 g/mol. The summed E-state index contributed by atoms with van der Waals surface area (Å²) in [6.07, 6.45) is 0. The minimum atomic E-state index is -2.21. The summed E-state index contributed by atoms with van der Waals surface area (Å²) < 4.78 is 67.0. The van der Waals surface area contributed by atoms with Gasteiger partial charge in [0.1, 0.15) is 0 Å². The molecule has 0 spiro atoms. The van der Waals surface area contributed by atoms with Crippen molar-refractivity contribution in [3.63, 3.8) is 0 Å². The molecule has 7 heteroatoms. The van der Waals surface area contributed by atoms with Crippen molar-refractivity contribution in [3.8, 4) is 5.75 Å². The standard InChI is InChI=1S/C8H4F5O.Zn/c1-2-14-8-6(12)4(10)3(9)5(11)7(8)13;/h2H,1H3;/q-1;. The molecule has 15 heavy (non-hydrogen) atoms. The van der Waals surface area contributed by atoms with Crippen molar-refractivity contribution >= 4 is 0 Å². The van der Waals surface area contributed by atoms with Crippen LogP contribution in [-0.4, -0.2) is 0 Å². The second-order valence-corrected chi connectivity index (χ2v) is 2.25. The number of benzene rings is 1. The average Bonchev–Trinajstić information content (AvgIpc) is 2.19. The van der Waals surface area contributed by atoms with Crippen LogP contribution in [0.1, 0.15) is 6.92 Å². The molecular weight excluding hydrogens is 272 g/mol. The van der Waals surface area contributed by atoms with Crippen molar-refractivity contribution in [1.29, 1.82) is 0 Å². The van der Waals surface area contributed by atoms with Crippen LogP contribution in [0, 0.1) is 35.7 Å². The first-order valence-corrected chi connectivity index (χ1v) is 3.46.